The van der Waals surface area contributed by atoms with Crippen LogP contribution in [0, 0.1) is 0 Å². The van der Waals surface area contributed by atoms with Gasteiger partial charge in [0.2, 0.25) is 5.91 Å². The normalized spacial score (nSPS) is 11.8. The van der Waals surface area contributed by atoms with Crippen molar-refractivity contribution in [2.24, 2.45) is 0 Å². The molecule has 1 aromatic rings. The number of anilines is 1. The van der Waals surface area contributed by atoms with Gasteiger partial charge in [-0.1, -0.05) is 161 Å². The van der Waals surface area contributed by atoms with E-state index in [2.05, 4.69) is 52.9 Å². The van der Waals surface area contributed by atoms with Gasteiger partial charge in [-0.15, -0.1) is 0 Å². The first-order chi connectivity index (χ1) is 31.5. The first-order valence-electron chi connectivity index (χ1n) is 26.1. The summed E-state index contributed by atoms with van der Waals surface area (Å²) in [6, 6.07) is 8.16. The zero-order valence-corrected chi connectivity index (χ0v) is 42.2. The second-order valence-electron chi connectivity index (χ2n) is 17.7. The molecular formula is C53H100N4O7. The number of carbonyl (C=O) groups is 1. The molecule has 0 spiro atoms. The molecular weight excluding hydrogens is 805 g/mol. The Labute approximate surface area is 394 Å². The van der Waals surface area contributed by atoms with Gasteiger partial charge in [0.25, 0.3) is 0 Å². The van der Waals surface area contributed by atoms with Crippen LogP contribution >= 0.6 is 0 Å². The third-order valence-electron chi connectivity index (χ3n) is 11.6. The topological polar surface area (TPSA) is 94.2 Å². The van der Waals surface area contributed by atoms with E-state index >= 15 is 0 Å². The van der Waals surface area contributed by atoms with Gasteiger partial charge in [0, 0.05) is 91.5 Å². The quantitative estimate of drug-likeness (QED) is 0.0387. The van der Waals surface area contributed by atoms with E-state index in [9.17, 15) is 4.79 Å². The number of hydrogen-bond donors (Lipinski definition) is 1. The second kappa shape index (κ2) is 47.4. The van der Waals surface area contributed by atoms with Crippen molar-refractivity contribution in [3.05, 3.63) is 35.9 Å². The lowest BCUT2D eigenvalue weighted by Gasteiger charge is -2.28. The van der Waals surface area contributed by atoms with Crippen LogP contribution in [0.5, 0.6) is 0 Å². The number of hydrogen-bond acceptors (Lipinski definition) is 10. The zero-order valence-electron chi connectivity index (χ0n) is 42.2. The minimum Gasteiger partial charge on any atom is -0.378 e. The van der Waals surface area contributed by atoms with E-state index in [1.54, 1.807) is 6.08 Å². The van der Waals surface area contributed by atoms with Crippen LogP contribution in [0.15, 0.2) is 30.3 Å². The number of benzene rings is 1. The van der Waals surface area contributed by atoms with Crippen molar-refractivity contribution in [1.82, 2.24) is 15.1 Å². The first-order valence-corrected chi connectivity index (χ1v) is 26.1. The summed E-state index contributed by atoms with van der Waals surface area (Å²) in [6.07, 6.45) is 32.9. The fourth-order valence-corrected chi connectivity index (χ4v) is 7.35. The second-order valence-corrected chi connectivity index (χ2v) is 17.7. The largest absolute Gasteiger partial charge is 0.378 e. The van der Waals surface area contributed by atoms with Crippen LogP contribution < -0.4 is 10.2 Å². The molecule has 0 aromatic heterocycles. The molecule has 0 radical (unpaired) electrons. The maximum absolute atomic E-state index is 12.8. The third-order valence-corrected chi connectivity index (χ3v) is 11.6. The van der Waals surface area contributed by atoms with Crippen LogP contribution in [0.4, 0.5) is 5.69 Å². The Morgan fingerprint density at radius 2 is 0.797 bits per heavy atom. The van der Waals surface area contributed by atoms with Gasteiger partial charge in [-0.25, -0.2) is 0 Å². The van der Waals surface area contributed by atoms with E-state index in [0.717, 1.165) is 83.1 Å². The van der Waals surface area contributed by atoms with Crippen molar-refractivity contribution in [2.45, 2.75) is 168 Å². The number of amides is 1. The van der Waals surface area contributed by atoms with Crippen molar-refractivity contribution in [2.75, 3.05) is 125 Å². The van der Waals surface area contributed by atoms with E-state index in [4.69, 9.17) is 28.4 Å². The van der Waals surface area contributed by atoms with E-state index in [-0.39, 0.29) is 5.91 Å². The Morgan fingerprint density at radius 3 is 1.17 bits per heavy atom. The summed E-state index contributed by atoms with van der Waals surface area (Å²) in [6.45, 7) is 16.9. The molecule has 1 aromatic carbocycles. The highest BCUT2D eigenvalue weighted by atomic mass is 16.7. The average molecular weight is 905 g/mol. The molecule has 0 aliphatic carbocycles. The monoisotopic (exact) mass is 905 g/mol. The van der Waals surface area contributed by atoms with Gasteiger partial charge in [0.05, 0.1) is 19.8 Å². The van der Waals surface area contributed by atoms with Crippen molar-refractivity contribution in [3.8, 4) is 0 Å². The summed E-state index contributed by atoms with van der Waals surface area (Å²) in [5.41, 5.74) is 2.12. The molecule has 0 aliphatic heterocycles. The van der Waals surface area contributed by atoms with Gasteiger partial charge in [0.1, 0.15) is 20.4 Å². The summed E-state index contributed by atoms with van der Waals surface area (Å²) >= 11 is 0. The molecule has 0 unspecified atom stereocenters. The lowest BCUT2D eigenvalue weighted by atomic mass is 10.1. The SMILES string of the molecule is CCCCCCCCCCOCOCCN(CCOCOCCCCCCCCCC)CCN(CCNC(=O)/C=C/c1ccc(N(C)C)cc1)CCOCOCCCCCCCCC. The Morgan fingerprint density at radius 1 is 0.453 bits per heavy atom. The van der Waals surface area contributed by atoms with Gasteiger partial charge in [0.15, 0.2) is 0 Å². The lowest BCUT2D eigenvalue weighted by Crippen LogP contribution is -2.42. The van der Waals surface area contributed by atoms with Crippen LogP contribution in [-0.2, 0) is 33.2 Å². The summed E-state index contributed by atoms with van der Waals surface area (Å²) in [5.74, 6) is -0.100. The minimum absolute atomic E-state index is 0.100. The Hall–Kier alpha value is -2.09. The number of nitrogens with one attached hydrogen (secondary N) is 1. The molecule has 0 heterocycles. The molecule has 1 amide bonds. The Kier molecular flexibility index (Phi) is 44.4. The van der Waals surface area contributed by atoms with Gasteiger partial charge < -0.3 is 38.6 Å². The molecule has 11 nitrogen and oxygen atoms in total. The van der Waals surface area contributed by atoms with Crippen molar-refractivity contribution < 1.29 is 33.2 Å². The number of unbranched alkanes of at least 4 members (excludes halogenated alkanes) is 20. The van der Waals surface area contributed by atoms with Gasteiger partial charge in [-0.3, -0.25) is 14.6 Å². The van der Waals surface area contributed by atoms with Gasteiger partial charge in [-0.2, -0.15) is 0 Å². The maximum Gasteiger partial charge on any atom is 0.244 e. The van der Waals surface area contributed by atoms with Crippen molar-refractivity contribution in [3.63, 3.8) is 0 Å². The van der Waals surface area contributed by atoms with Crippen LogP contribution in [0.3, 0.4) is 0 Å². The predicted octanol–water partition coefficient (Wildman–Crippen LogP) is 11.5. The Bertz CT molecular complexity index is 1110. The fourth-order valence-electron chi connectivity index (χ4n) is 7.35. The minimum atomic E-state index is -0.100. The summed E-state index contributed by atoms with van der Waals surface area (Å²) in [5, 5.41) is 3.08. The van der Waals surface area contributed by atoms with E-state index in [0.29, 0.717) is 53.3 Å². The molecule has 0 fully saturated rings. The molecule has 0 bridgehead atoms. The molecule has 0 saturated carbocycles. The number of rotatable bonds is 50. The molecule has 1 rings (SSSR count). The molecule has 374 valence electrons. The van der Waals surface area contributed by atoms with Crippen LogP contribution in [0.1, 0.15) is 174 Å². The lowest BCUT2D eigenvalue weighted by molar-refractivity contribution is -0.116. The molecule has 1 N–H and O–H groups in total. The zero-order chi connectivity index (χ0) is 46.2. The third kappa shape index (κ3) is 40.2. The molecule has 0 saturated heterocycles. The highest BCUT2D eigenvalue weighted by molar-refractivity contribution is 5.91. The molecule has 0 atom stereocenters. The number of ether oxygens (including phenoxy) is 6. The first kappa shape index (κ1) is 59.9. The highest BCUT2D eigenvalue weighted by Gasteiger charge is 2.11. The summed E-state index contributed by atoms with van der Waals surface area (Å²) in [4.78, 5) is 19.6. The maximum atomic E-state index is 12.8. The van der Waals surface area contributed by atoms with Crippen LogP contribution in [-0.4, -0.2) is 136 Å². The number of carbonyl (C=O) groups excluding carboxylic acids is 1. The standard InChI is InChI=1S/C53H100N4O7/c1-6-9-12-15-18-21-24-27-43-60-49-63-46-40-57(41-47-64-50-61-44-28-25-22-19-16-13-10-7-2)38-37-56(39-45-62-48-59-42-26-23-20-17-14-11-8-3)36-35-54-53(58)34-31-51-29-32-52(33-30-51)55(4)5/h29-34H,6-28,35-50H2,1-5H3,(H,54,58)/b34-31+. The molecule has 64 heavy (non-hydrogen) atoms. The smallest absolute Gasteiger partial charge is 0.244 e. The summed E-state index contributed by atoms with van der Waals surface area (Å²) in [7, 11) is 4.04. The predicted molar refractivity (Wildman–Crippen MR) is 269 cm³/mol. The highest BCUT2D eigenvalue weighted by Crippen LogP contribution is 2.14. The van der Waals surface area contributed by atoms with E-state index < -0.39 is 0 Å². The number of nitrogens with zero attached hydrogens (tertiary/aromatic N) is 3. The van der Waals surface area contributed by atoms with Crippen molar-refractivity contribution >= 4 is 17.7 Å². The Balaban J connectivity index is 2.63. The molecule has 0 aliphatic rings. The summed E-state index contributed by atoms with van der Waals surface area (Å²) < 4.78 is 35.2. The van der Waals surface area contributed by atoms with E-state index in [1.807, 2.05) is 32.3 Å². The van der Waals surface area contributed by atoms with Crippen LogP contribution in [0.25, 0.3) is 6.08 Å². The average Bonchev–Trinajstić information content (AvgIpc) is 3.30. The van der Waals surface area contributed by atoms with Crippen molar-refractivity contribution in [1.29, 1.82) is 0 Å². The van der Waals surface area contributed by atoms with Gasteiger partial charge in [-0.05, 0) is 43.0 Å². The van der Waals surface area contributed by atoms with Crippen LogP contribution in [0.2, 0.25) is 0 Å². The van der Waals surface area contributed by atoms with E-state index in [1.165, 1.54) is 128 Å². The van der Waals surface area contributed by atoms with Gasteiger partial charge >= 0.3 is 0 Å². The molecule has 11 heteroatoms. The fraction of sp³-hybridized carbons (Fsp3) is 0.830.